The lowest BCUT2D eigenvalue weighted by molar-refractivity contribution is 0.210. The summed E-state index contributed by atoms with van der Waals surface area (Å²) >= 11 is 0. The van der Waals surface area contributed by atoms with Gasteiger partial charge in [-0.15, -0.1) is 0 Å². The van der Waals surface area contributed by atoms with Crippen molar-refractivity contribution >= 4 is 10.8 Å². The Morgan fingerprint density at radius 3 is 2.56 bits per heavy atom. The number of hydrogen-bond donors (Lipinski definition) is 0. The monoisotopic (exact) mass is 240 g/mol. The zero-order valence-electron chi connectivity index (χ0n) is 10.8. The van der Waals surface area contributed by atoms with Crippen LogP contribution in [0.4, 0.5) is 0 Å². The quantitative estimate of drug-likeness (QED) is 0.749. The van der Waals surface area contributed by atoms with E-state index in [4.69, 9.17) is 4.74 Å². The molecule has 0 radical (unpaired) electrons. The molecule has 1 aliphatic rings. The average Bonchev–Trinajstić information content (AvgIpc) is 2.46. The molecule has 0 aliphatic heterocycles. The highest BCUT2D eigenvalue weighted by molar-refractivity contribution is 5.88. The van der Waals surface area contributed by atoms with Gasteiger partial charge in [0.1, 0.15) is 5.75 Å². The van der Waals surface area contributed by atoms with E-state index < -0.39 is 0 Å². The fourth-order valence-electron chi connectivity index (χ4n) is 2.88. The Kier molecular flexibility index (Phi) is 3.49. The predicted octanol–water partition coefficient (Wildman–Crippen LogP) is 4.80. The van der Waals surface area contributed by atoms with Gasteiger partial charge in [-0.05, 0) is 30.2 Å². The Bertz CT molecular complexity index is 507. The summed E-state index contributed by atoms with van der Waals surface area (Å²) in [5, 5.41) is 2.49. The Hall–Kier alpha value is -1.50. The molecule has 18 heavy (non-hydrogen) atoms. The van der Waals surface area contributed by atoms with Crippen LogP contribution in [0, 0.1) is 5.92 Å². The number of rotatable bonds is 3. The zero-order valence-corrected chi connectivity index (χ0v) is 10.8. The van der Waals surface area contributed by atoms with Gasteiger partial charge in [0, 0.05) is 5.39 Å². The van der Waals surface area contributed by atoms with E-state index in [-0.39, 0.29) is 0 Å². The summed E-state index contributed by atoms with van der Waals surface area (Å²) in [7, 11) is 0. The van der Waals surface area contributed by atoms with Crippen LogP contribution in [0.5, 0.6) is 5.75 Å². The maximum atomic E-state index is 6.06. The maximum absolute atomic E-state index is 6.06. The van der Waals surface area contributed by atoms with Gasteiger partial charge < -0.3 is 4.74 Å². The number of fused-ring (bicyclic) bond motifs is 1. The first-order valence-corrected chi connectivity index (χ1v) is 7.04. The second kappa shape index (κ2) is 5.43. The van der Waals surface area contributed by atoms with Gasteiger partial charge in [-0.25, -0.2) is 0 Å². The van der Waals surface area contributed by atoms with E-state index in [0.717, 1.165) is 18.3 Å². The number of hydrogen-bond acceptors (Lipinski definition) is 1. The molecule has 0 amide bonds. The standard InChI is InChI=1S/C17H20O/c1-2-7-14(8-3-1)13-18-17-12-6-10-15-9-4-5-11-16(15)17/h4-6,9-12,14H,1-3,7-8,13H2. The fourth-order valence-corrected chi connectivity index (χ4v) is 2.88. The van der Waals surface area contributed by atoms with Crippen LogP contribution in [0.15, 0.2) is 42.5 Å². The van der Waals surface area contributed by atoms with Crippen molar-refractivity contribution in [2.75, 3.05) is 6.61 Å². The molecule has 3 rings (SSSR count). The first kappa shape index (κ1) is 11.6. The zero-order chi connectivity index (χ0) is 12.2. The number of benzene rings is 2. The van der Waals surface area contributed by atoms with Crippen LogP contribution < -0.4 is 4.74 Å². The van der Waals surface area contributed by atoms with Gasteiger partial charge in [0.15, 0.2) is 0 Å². The van der Waals surface area contributed by atoms with E-state index >= 15 is 0 Å². The molecular weight excluding hydrogens is 220 g/mol. The molecule has 1 fully saturated rings. The lowest BCUT2D eigenvalue weighted by atomic mass is 9.90. The van der Waals surface area contributed by atoms with E-state index in [2.05, 4.69) is 42.5 Å². The van der Waals surface area contributed by atoms with Gasteiger partial charge in [-0.2, -0.15) is 0 Å². The first-order valence-electron chi connectivity index (χ1n) is 7.04. The number of ether oxygens (including phenoxy) is 1. The van der Waals surface area contributed by atoms with Crippen molar-refractivity contribution < 1.29 is 4.74 Å². The van der Waals surface area contributed by atoms with Gasteiger partial charge in [0.2, 0.25) is 0 Å². The van der Waals surface area contributed by atoms with Crippen molar-refractivity contribution in [2.45, 2.75) is 32.1 Å². The third kappa shape index (κ3) is 2.50. The molecule has 0 heterocycles. The van der Waals surface area contributed by atoms with E-state index in [1.807, 2.05) is 0 Å². The summed E-state index contributed by atoms with van der Waals surface area (Å²) in [6.45, 7) is 0.883. The summed E-state index contributed by atoms with van der Waals surface area (Å²) in [5.41, 5.74) is 0. The minimum atomic E-state index is 0.762. The van der Waals surface area contributed by atoms with Crippen molar-refractivity contribution in [2.24, 2.45) is 5.92 Å². The van der Waals surface area contributed by atoms with Crippen molar-refractivity contribution in [1.82, 2.24) is 0 Å². The van der Waals surface area contributed by atoms with Crippen LogP contribution in [-0.4, -0.2) is 6.61 Å². The SMILES string of the molecule is c1ccc2c(OCC3CCCCC3)cccc2c1. The second-order valence-corrected chi connectivity index (χ2v) is 5.29. The largest absolute Gasteiger partial charge is 0.493 e. The Labute approximate surface area is 109 Å². The second-order valence-electron chi connectivity index (χ2n) is 5.29. The minimum Gasteiger partial charge on any atom is -0.493 e. The highest BCUT2D eigenvalue weighted by Gasteiger charge is 2.14. The van der Waals surface area contributed by atoms with E-state index in [1.54, 1.807) is 0 Å². The molecule has 0 unspecified atom stereocenters. The fraction of sp³-hybridized carbons (Fsp3) is 0.412. The van der Waals surface area contributed by atoms with Crippen LogP contribution in [0.2, 0.25) is 0 Å². The van der Waals surface area contributed by atoms with Gasteiger partial charge in [0.05, 0.1) is 6.61 Å². The lowest BCUT2D eigenvalue weighted by Gasteiger charge is -2.22. The predicted molar refractivity (Wildman–Crippen MR) is 76.0 cm³/mol. The molecule has 0 spiro atoms. The van der Waals surface area contributed by atoms with E-state index in [9.17, 15) is 0 Å². The van der Waals surface area contributed by atoms with Crippen LogP contribution in [0.3, 0.4) is 0 Å². The minimum absolute atomic E-state index is 0.762. The molecule has 1 saturated carbocycles. The van der Waals surface area contributed by atoms with Crippen molar-refractivity contribution in [3.05, 3.63) is 42.5 Å². The van der Waals surface area contributed by atoms with Gasteiger partial charge >= 0.3 is 0 Å². The first-order chi connectivity index (χ1) is 8.93. The van der Waals surface area contributed by atoms with Gasteiger partial charge in [-0.3, -0.25) is 0 Å². The Balaban J connectivity index is 1.74. The summed E-state index contributed by atoms with van der Waals surface area (Å²) in [6, 6.07) is 14.8. The topological polar surface area (TPSA) is 9.23 Å². The molecule has 0 aromatic heterocycles. The van der Waals surface area contributed by atoms with Crippen molar-refractivity contribution in [3.63, 3.8) is 0 Å². The third-order valence-electron chi connectivity index (χ3n) is 3.95. The van der Waals surface area contributed by atoms with Gasteiger partial charge in [-0.1, -0.05) is 55.7 Å². The molecule has 94 valence electrons. The molecule has 2 aromatic carbocycles. The van der Waals surface area contributed by atoms with Crippen LogP contribution >= 0.6 is 0 Å². The molecule has 2 aromatic rings. The van der Waals surface area contributed by atoms with Gasteiger partial charge in [0.25, 0.3) is 0 Å². The smallest absolute Gasteiger partial charge is 0.127 e. The maximum Gasteiger partial charge on any atom is 0.127 e. The van der Waals surface area contributed by atoms with Crippen LogP contribution in [0.25, 0.3) is 10.8 Å². The van der Waals surface area contributed by atoms with Crippen LogP contribution in [0.1, 0.15) is 32.1 Å². The van der Waals surface area contributed by atoms with Crippen LogP contribution in [-0.2, 0) is 0 Å². The molecule has 0 bridgehead atoms. The van der Waals surface area contributed by atoms with E-state index in [1.165, 1.54) is 42.9 Å². The summed E-state index contributed by atoms with van der Waals surface area (Å²) in [5.74, 6) is 1.80. The summed E-state index contributed by atoms with van der Waals surface area (Å²) < 4.78 is 6.06. The molecular formula is C17H20O. The molecule has 1 aliphatic carbocycles. The van der Waals surface area contributed by atoms with Crippen molar-refractivity contribution in [1.29, 1.82) is 0 Å². The Morgan fingerprint density at radius 2 is 1.67 bits per heavy atom. The van der Waals surface area contributed by atoms with E-state index in [0.29, 0.717) is 0 Å². The lowest BCUT2D eigenvalue weighted by Crippen LogP contribution is -2.15. The summed E-state index contributed by atoms with van der Waals surface area (Å²) in [4.78, 5) is 0. The third-order valence-corrected chi connectivity index (χ3v) is 3.95. The Morgan fingerprint density at radius 1 is 0.889 bits per heavy atom. The molecule has 0 N–H and O–H groups in total. The highest BCUT2D eigenvalue weighted by atomic mass is 16.5. The normalized spacial score (nSPS) is 16.9. The molecule has 1 nitrogen and oxygen atoms in total. The highest BCUT2D eigenvalue weighted by Crippen LogP contribution is 2.28. The molecule has 0 saturated heterocycles. The molecule has 1 heteroatoms. The average molecular weight is 240 g/mol. The van der Waals surface area contributed by atoms with Crippen molar-refractivity contribution in [3.8, 4) is 5.75 Å². The molecule has 0 atom stereocenters. The summed E-state index contributed by atoms with van der Waals surface area (Å²) in [6.07, 6.45) is 6.84.